The summed E-state index contributed by atoms with van der Waals surface area (Å²) >= 11 is 1.48. The van der Waals surface area contributed by atoms with E-state index in [9.17, 15) is 15.0 Å². The molecule has 0 amide bonds. The molecule has 1 aromatic carbocycles. The van der Waals surface area contributed by atoms with Crippen LogP contribution in [0.25, 0.3) is 20.8 Å². The Morgan fingerprint density at radius 3 is 2.87 bits per heavy atom. The summed E-state index contributed by atoms with van der Waals surface area (Å²) in [6, 6.07) is 7.75. The average Bonchev–Trinajstić information content (AvgIpc) is 3.21. The molecule has 0 bridgehead atoms. The van der Waals surface area contributed by atoms with Crippen molar-refractivity contribution in [2.24, 2.45) is 5.92 Å². The van der Waals surface area contributed by atoms with E-state index in [2.05, 4.69) is 20.3 Å². The molecule has 3 aromatic rings. The van der Waals surface area contributed by atoms with Crippen LogP contribution in [0.5, 0.6) is 0 Å². The second-order valence-corrected chi connectivity index (χ2v) is 8.50. The van der Waals surface area contributed by atoms with E-state index >= 15 is 0 Å². The molecule has 10 heteroatoms. The summed E-state index contributed by atoms with van der Waals surface area (Å²) in [5.41, 5.74) is 6.29. The zero-order chi connectivity index (χ0) is 21.5. The van der Waals surface area contributed by atoms with Crippen LogP contribution in [-0.2, 0) is 9.53 Å². The van der Waals surface area contributed by atoms with E-state index in [1.54, 1.807) is 6.92 Å². The monoisotopic (exact) mass is 429 g/mol. The smallest absolute Gasteiger partial charge is 0.302 e. The zero-order valence-corrected chi connectivity index (χ0v) is 17.4. The van der Waals surface area contributed by atoms with Crippen molar-refractivity contribution in [2.75, 3.05) is 17.7 Å². The van der Waals surface area contributed by atoms with Gasteiger partial charge in [0.1, 0.15) is 16.9 Å². The summed E-state index contributed by atoms with van der Waals surface area (Å²) in [4.78, 5) is 24.3. The minimum atomic E-state index is -1.65. The van der Waals surface area contributed by atoms with Gasteiger partial charge in [-0.05, 0) is 31.9 Å². The Hall–Kier alpha value is -2.82. The van der Waals surface area contributed by atoms with Crippen molar-refractivity contribution in [1.29, 1.82) is 0 Å². The Morgan fingerprint density at radius 1 is 1.37 bits per heavy atom. The van der Waals surface area contributed by atoms with Crippen LogP contribution < -0.4 is 11.1 Å². The Bertz CT molecular complexity index is 1070. The molecule has 3 unspecified atom stereocenters. The van der Waals surface area contributed by atoms with E-state index in [0.717, 1.165) is 10.2 Å². The van der Waals surface area contributed by atoms with Crippen LogP contribution in [0.3, 0.4) is 0 Å². The van der Waals surface area contributed by atoms with Crippen molar-refractivity contribution in [3.05, 3.63) is 30.0 Å². The molecular weight excluding hydrogens is 406 g/mol. The van der Waals surface area contributed by atoms with Crippen molar-refractivity contribution in [3.63, 3.8) is 0 Å². The Balaban J connectivity index is 1.68. The third kappa shape index (κ3) is 3.81. The number of nitrogens with one attached hydrogen (secondary N) is 1. The van der Waals surface area contributed by atoms with Crippen LogP contribution in [0.4, 0.5) is 11.8 Å². The van der Waals surface area contributed by atoms with Crippen LogP contribution in [0.1, 0.15) is 25.5 Å². The molecule has 2 aromatic heterocycles. The molecule has 2 heterocycles. The van der Waals surface area contributed by atoms with Crippen LogP contribution >= 0.6 is 11.3 Å². The van der Waals surface area contributed by atoms with Gasteiger partial charge in [-0.1, -0.05) is 12.1 Å². The largest absolute Gasteiger partial charge is 0.465 e. The number of aromatic nitrogens is 3. The van der Waals surface area contributed by atoms with Crippen LogP contribution in [-0.4, -0.2) is 49.6 Å². The number of rotatable bonds is 5. The van der Waals surface area contributed by atoms with Gasteiger partial charge in [0.15, 0.2) is 5.72 Å². The summed E-state index contributed by atoms with van der Waals surface area (Å²) in [6.07, 6.45) is -0.424. The molecule has 1 aliphatic rings. The van der Waals surface area contributed by atoms with Gasteiger partial charge in [-0.3, -0.25) is 4.79 Å². The van der Waals surface area contributed by atoms with Crippen molar-refractivity contribution in [2.45, 2.75) is 38.5 Å². The maximum absolute atomic E-state index is 11.1. The standard InChI is InChI=1S/C20H23N5O4S/c1-10-15(18-23-13-5-3-4-6-14(13)30-18)17(24-19(21)22-10)25-20(28)8-7-12(16(20)27)9-29-11(2)26/h3-6,12,16,27-28H,7-9H2,1-2H3,(H3,21,22,24,25). The molecule has 1 fully saturated rings. The van der Waals surface area contributed by atoms with E-state index in [0.29, 0.717) is 28.5 Å². The number of carbonyl (C=O) groups excluding carboxylic acids is 1. The van der Waals surface area contributed by atoms with E-state index in [1.165, 1.54) is 18.3 Å². The van der Waals surface area contributed by atoms with Gasteiger partial charge in [-0.15, -0.1) is 11.3 Å². The number of thiazole rings is 1. The van der Waals surface area contributed by atoms with Gasteiger partial charge in [0.05, 0.1) is 28.1 Å². The number of carbonyl (C=O) groups is 1. The topological polar surface area (TPSA) is 143 Å². The number of anilines is 2. The van der Waals surface area contributed by atoms with Crippen LogP contribution in [0, 0.1) is 12.8 Å². The normalized spacial score (nSPS) is 23.6. The molecule has 0 aliphatic heterocycles. The van der Waals surface area contributed by atoms with Crippen LogP contribution in [0.15, 0.2) is 24.3 Å². The molecule has 3 atom stereocenters. The lowest BCUT2D eigenvalue weighted by Crippen LogP contribution is -2.48. The molecular formula is C20H23N5O4S. The number of fused-ring (bicyclic) bond motifs is 1. The molecule has 1 saturated carbocycles. The SMILES string of the molecule is CC(=O)OCC1CCC(O)(Nc2nc(N)nc(C)c2-c2nc3ccccc3s2)C1O. The van der Waals surface area contributed by atoms with Gasteiger partial charge in [-0.25, -0.2) is 9.97 Å². The summed E-state index contributed by atoms with van der Waals surface area (Å²) in [5, 5.41) is 25.5. The minimum absolute atomic E-state index is 0.0379. The first-order valence-corrected chi connectivity index (χ1v) is 10.4. The summed E-state index contributed by atoms with van der Waals surface area (Å²) in [6.45, 7) is 3.14. The molecule has 5 N–H and O–H groups in total. The average molecular weight is 430 g/mol. The molecule has 158 valence electrons. The quantitative estimate of drug-likeness (QED) is 0.354. The molecule has 0 saturated heterocycles. The fourth-order valence-corrected chi connectivity index (χ4v) is 4.83. The van der Waals surface area contributed by atoms with Gasteiger partial charge in [0.25, 0.3) is 0 Å². The number of aliphatic hydroxyl groups is 2. The summed E-state index contributed by atoms with van der Waals surface area (Å²) in [5.74, 6) is -0.471. The first kappa shape index (κ1) is 20.5. The fourth-order valence-electron chi connectivity index (χ4n) is 3.76. The predicted molar refractivity (Wildman–Crippen MR) is 114 cm³/mol. The van der Waals surface area contributed by atoms with E-state index in [4.69, 9.17) is 10.5 Å². The zero-order valence-electron chi connectivity index (χ0n) is 16.6. The second kappa shape index (κ2) is 7.78. The lowest BCUT2D eigenvalue weighted by atomic mass is 10.0. The fraction of sp³-hybridized carbons (Fsp3) is 0.400. The van der Waals surface area contributed by atoms with Gasteiger partial charge >= 0.3 is 5.97 Å². The highest BCUT2D eigenvalue weighted by Gasteiger charge is 2.47. The van der Waals surface area contributed by atoms with Crippen molar-refractivity contribution in [1.82, 2.24) is 15.0 Å². The molecule has 0 radical (unpaired) electrons. The number of aryl methyl sites for hydroxylation is 1. The van der Waals surface area contributed by atoms with Crippen LogP contribution in [0.2, 0.25) is 0 Å². The molecule has 9 nitrogen and oxygen atoms in total. The summed E-state index contributed by atoms with van der Waals surface area (Å²) in [7, 11) is 0. The highest BCUT2D eigenvalue weighted by Crippen LogP contribution is 2.40. The first-order chi connectivity index (χ1) is 14.3. The van der Waals surface area contributed by atoms with E-state index < -0.39 is 23.7 Å². The number of ether oxygens (including phenoxy) is 1. The van der Waals surface area contributed by atoms with Gasteiger partial charge in [0.2, 0.25) is 5.95 Å². The molecule has 4 rings (SSSR count). The van der Waals surface area contributed by atoms with E-state index in [1.807, 2.05) is 24.3 Å². The minimum Gasteiger partial charge on any atom is -0.465 e. The summed E-state index contributed by atoms with van der Waals surface area (Å²) < 4.78 is 6.02. The number of esters is 1. The number of hydrogen-bond acceptors (Lipinski definition) is 10. The van der Waals surface area contributed by atoms with Gasteiger partial charge < -0.3 is 26.0 Å². The number of hydrogen-bond donors (Lipinski definition) is 4. The maximum Gasteiger partial charge on any atom is 0.302 e. The van der Waals surface area contributed by atoms with Gasteiger partial charge in [-0.2, -0.15) is 4.98 Å². The highest BCUT2D eigenvalue weighted by molar-refractivity contribution is 7.21. The van der Waals surface area contributed by atoms with Crippen molar-refractivity contribution in [3.8, 4) is 10.6 Å². The lowest BCUT2D eigenvalue weighted by molar-refractivity contribution is -0.144. The third-order valence-electron chi connectivity index (χ3n) is 5.28. The van der Waals surface area contributed by atoms with E-state index in [-0.39, 0.29) is 19.0 Å². The number of nitrogens with zero attached hydrogens (tertiary/aromatic N) is 3. The number of nitrogen functional groups attached to an aromatic ring is 1. The van der Waals surface area contributed by atoms with Gasteiger partial charge in [0, 0.05) is 12.8 Å². The third-order valence-corrected chi connectivity index (χ3v) is 6.34. The first-order valence-electron chi connectivity index (χ1n) is 9.59. The highest BCUT2D eigenvalue weighted by atomic mass is 32.1. The molecule has 0 spiro atoms. The Labute approximate surface area is 177 Å². The predicted octanol–water partition coefficient (Wildman–Crippen LogP) is 2.08. The number of benzene rings is 1. The molecule has 30 heavy (non-hydrogen) atoms. The number of para-hydroxylation sites is 1. The lowest BCUT2D eigenvalue weighted by Gasteiger charge is -2.31. The molecule has 1 aliphatic carbocycles. The number of nitrogens with two attached hydrogens (primary N) is 1. The number of aliphatic hydroxyl groups excluding tert-OH is 1. The Morgan fingerprint density at radius 2 is 2.13 bits per heavy atom. The van der Waals surface area contributed by atoms with Crippen molar-refractivity contribution < 1.29 is 19.7 Å². The maximum atomic E-state index is 11.1. The second-order valence-electron chi connectivity index (χ2n) is 7.47. The van der Waals surface area contributed by atoms with Crippen molar-refractivity contribution >= 4 is 39.3 Å². The Kier molecular flexibility index (Phi) is 5.31.